The van der Waals surface area contributed by atoms with E-state index in [9.17, 15) is 4.79 Å². The van der Waals surface area contributed by atoms with Crippen molar-refractivity contribution in [2.45, 2.75) is 52.1 Å². The molecule has 0 spiro atoms. The van der Waals surface area contributed by atoms with Crippen molar-refractivity contribution >= 4 is 43.8 Å². The van der Waals surface area contributed by atoms with E-state index in [1.165, 1.54) is 23.3 Å². The van der Waals surface area contributed by atoms with Gasteiger partial charge in [-0.3, -0.25) is 9.78 Å². The molecule has 7 nitrogen and oxygen atoms in total. The molecule has 1 fully saturated rings. The lowest BCUT2D eigenvalue weighted by molar-refractivity contribution is -0.116. The van der Waals surface area contributed by atoms with Crippen LogP contribution in [0.2, 0.25) is 0 Å². The van der Waals surface area contributed by atoms with Crippen LogP contribution >= 0.6 is 22.7 Å². The molecule has 3 aromatic heterocycles. The van der Waals surface area contributed by atoms with Crippen LogP contribution in [0.15, 0.2) is 18.5 Å². The zero-order chi connectivity index (χ0) is 22.9. The molecule has 4 N–H and O–H groups in total. The van der Waals surface area contributed by atoms with Gasteiger partial charge in [-0.2, -0.15) is 0 Å². The third-order valence-electron chi connectivity index (χ3n) is 4.95. The van der Waals surface area contributed by atoms with Crippen molar-refractivity contribution in [3.8, 4) is 10.6 Å². The van der Waals surface area contributed by atoms with Crippen LogP contribution in [-0.2, 0) is 17.8 Å². The first-order valence-electron chi connectivity index (χ1n) is 11.4. The predicted octanol–water partition coefficient (Wildman–Crippen LogP) is 4.01. The van der Waals surface area contributed by atoms with Crippen molar-refractivity contribution in [3.63, 3.8) is 0 Å². The molecule has 0 saturated heterocycles. The lowest BCUT2D eigenvalue weighted by atomic mass is 10.0. The zero-order valence-corrected chi connectivity index (χ0v) is 21.0. The first-order chi connectivity index (χ1) is 15.7. The van der Waals surface area contributed by atoms with Gasteiger partial charge in [0.25, 0.3) is 0 Å². The van der Waals surface area contributed by atoms with Crippen LogP contribution in [0.5, 0.6) is 0 Å². The second-order valence-electron chi connectivity index (χ2n) is 7.52. The number of carbonyl (C=O) groups is 1. The Labute approximate surface area is 198 Å². The van der Waals surface area contributed by atoms with Gasteiger partial charge in [-0.05, 0) is 51.5 Å². The van der Waals surface area contributed by atoms with Gasteiger partial charge in [0.05, 0.1) is 10.9 Å². The molecule has 3 aromatic rings. The normalized spacial score (nSPS) is 14.6. The number of fused-ring (bicyclic) bond motifs is 2. The monoisotopic (exact) mass is 474 g/mol. The third kappa shape index (κ3) is 6.32. The quantitative estimate of drug-likeness (QED) is 0.432. The van der Waals surface area contributed by atoms with E-state index in [4.69, 9.17) is 4.98 Å². The first-order valence-corrected chi connectivity index (χ1v) is 13.0. The SMILES string of the molecule is CC.CNC.O=C(CCNC1CC1)Nc1sc2c(c1-c1nc3cnccc3s1)CCNC2. The molecule has 0 unspecified atom stereocenters. The Morgan fingerprint density at radius 3 is 2.75 bits per heavy atom. The van der Waals surface area contributed by atoms with E-state index in [-0.39, 0.29) is 5.91 Å². The number of rotatable bonds is 6. The van der Waals surface area contributed by atoms with Crippen molar-refractivity contribution in [2.24, 2.45) is 0 Å². The Hall–Kier alpha value is -1.91. The van der Waals surface area contributed by atoms with Crippen LogP contribution in [0.25, 0.3) is 20.8 Å². The number of anilines is 1. The highest BCUT2D eigenvalue weighted by atomic mass is 32.1. The molecule has 1 aliphatic heterocycles. The van der Waals surface area contributed by atoms with Gasteiger partial charge in [-0.25, -0.2) is 4.98 Å². The molecule has 2 aliphatic rings. The van der Waals surface area contributed by atoms with Gasteiger partial charge in [0.2, 0.25) is 5.91 Å². The number of aromatic nitrogens is 2. The number of hydrogen-bond acceptors (Lipinski definition) is 8. The average molecular weight is 475 g/mol. The van der Waals surface area contributed by atoms with Gasteiger partial charge in [0.15, 0.2) is 0 Å². The maximum absolute atomic E-state index is 12.5. The van der Waals surface area contributed by atoms with Crippen LogP contribution in [0.4, 0.5) is 5.00 Å². The number of nitrogens with one attached hydrogen (secondary N) is 4. The molecule has 0 bridgehead atoms. The zero-order valence-electron chi connectivity index (χ0n) is 19.4. The summed E-state index contributed by atoms with van der Waals surface area (Å²) in [7, 11) is 3.75. The summed E-state index contributed by atoms with van der Waals surface area (Å²) < 4.78 is 1.12. The Morgan fingerprint density at radius 1 is 1.25 bits per heavy atom. The molecular formula is C23H34N6OS2. The minimum Gasteiger partial charge on any atom is -0.323 e. The molecule has 32 heavy (non-hydrogen) atoms. The summed E-state index contributed by atoms with van der Waals surface area (Å²) in [5.74, 6) is 0.0683. The molecule has 1 saturated carbocycles. The fraction of sp³-hybridized carbons (Fsp3) is 0.522. The number of carbonyl (C=O) groups excluding carboxylic acids is 1. The highest BCUT2D eigenvalue weighted by molar-refractivity contribution is 7.22. The molecule has 0 aromatic carbocycles. The van der Waals surface area contributed by atoms with Gasteiger partial charge >= 0.3 is 0 Å². The number of pyridine rings is 1. The van der Waals surface area contributed by atoms with Crippen molar-refractivity contribution in [1.29, 1.82) is 0 Å². The summed E-state index contributed by atoms with van der Waals surface area (Å²) >= 11 is 3.35. The Balaban J connectivity index is 0.000000536. The van der Waals surface area contributed by atoms with Crippen molar-refractivity contribution in [3.05, 3.63) is 28.9 Å². The standard InChI is InChI=1S/C19H21N5OS2.C2H7N.C2H6/c25-16(5-8-22-11-1-2-11)24-19-17(12-3-6-21-10-15(12)27-19)18-23-13-9-20-7-4-14(13)26-18;1-3-2;1-2/h4,7,9,11,21-22H,1-3,5-6,8,10H2,(H,24,25);3H,1-2H3;1-2H3. The molecule has 174 valence electrons. The molecule has 0 radical (unpaired) electrons. The highest BCUT2D eigenvalue weighted by Gasteiger charge is 2.25. The van der Waals surface area contributed by atoms with E-state index in [0.29, 0.717) is 12.5 Å². The highest BCUT2D eigenvalue weighted by Crippen LogP contribution is 2.44. The molecule has 0 atom stereocenters. The number of thiophene rings is 1. The van der Waals surface area contributed by atoms with Gasteiger partial charge in [-0.1, -0.05) is 13.8 Å². The number of thiazole rings is 1. The summed E-state index contributed by atoms with van der Waals surface area (Å²) in [6.07, 6.45) is 7.55. The van der Waals surface area contributed by atoms with E-state index in [2.05, 4.69) is 26.3 Å². The van der Waals surface area contributed by atoms with Crippen LogP contribution in [0.1, 0.15) is 43.6 Å². The fourth-order valence-corrected chi connectivity index (χ4v) is 5.71. The molecule has 1 aliphatic carbocycles. The van der Waals surface area contributed by atoms with Gasteiger partial charge in [0.1, 0.15) is 15.5 Å². The molecule has 5 rings (SSSR count). The van der Waals surface area contributed by atoms with Crippen LogP contribution in [0.3, 0.4) is 0 Å². The second kappa shape index (κ2) is 12.4. The Bertz CT molecular complexity index is 978. The van der Waals surface area contributed by atoms with E-state index < -0.39 is 0 Å². The predicted molar refractivity (Wildman–Crippen MR) is 137 cm³/mol. The van der Waals surface area contributed by atoms with E-state index >= 15 is 0 Å². The van der Waals surface area contributed by atoms with Crippen LogP contribution in [-0.4, -0.2) is 49.1 Å². The summed E-state index contributed by atoms with van der Waals surface area (Å²) in [6, 6.07) is 2.63. The molecular weight excluding hydrogens is 440 g/mol. The van der Waals surface area contributed by atoms with Gasteiger partial charge in [0, 0.05) is 42.2 Å². The lowest BCUT2D eigenvalue weighted by Crippen LogP contribution is -2.23. The lowest BCUT2D eigenvalue weighted by Gasteiger charge is -2.13. The number of amides is 1. The van der Waals surface area contributed by atoms with Crippen LogP contribution in [0, 0.1) is 0 Å². The number of nitrogens with zero attached hydrogens (tertiary/aromatic N) is 2. The summed E-state index contributed by atoms with van der Waals surface area (Å²) in [5.41, 5.74) is 3.36. The Morgan fingerprint density at radius 2 is 2.03 bits per heavy atom. The third-order valence-corrected chi connectivity index (χ3v) is 7.15. The van der Waals surface area contributed by atoms with E-state index in [1.54, 1.807) is 35.1 Å². The van der Waals surface area contributed by atoms with Crippen molar-refractivity contribution < 1.29 is 4.79 Å². The van der Waals surface area contributed by atoms with E-state index in [1.807, 2.05) is 34.0 Å². The number of hydrogen-bond donors (Lipinski definition) is 4. The summed E-state index contributed by atoms with van der Waals surface area (Å²) in [5, 5.41) is 14.7. The molecule has 4 heterocycles. The second-order valence-corrected chi connectivity index (χ2v) is 9.66. The minimum absolute atomic E-state index is 0.0683. The molecule has 9 heteroatoms. The first kappa shape index (κ1) is 24.7. The fourth-order valence-electron chi connectivity index (χ4n) is 3.40. The largest absolute Gasteiger partial charge is 0.323 e. The van der Waals surface area contributed by atoms with Gasteiger partial charge in [-0.15, -0.1) is 22.7 Å². The summed E-state index contributed by atoms with van der Waals surface area (Å²) in [6.45, 7) is 6.56. The Kier molecular flexibility index (Phi) is 9.55. The topological polar surface area (TPSA) is 91.0 Å². The van der Waals surface area contributed by atoms with E-state index in [0.717, 1.165) is 51.8 Å². The smallest absolute Gasteiger partial charge is 0.226 e. The minimum atomic E-state index is 0.0683. The van der Waals surface area contributed by atoms with Crippen molar-refractivity contribution in [1.82, 2.24) is 25.9 Å². The maximum atomic E-state index is 12.5. The van der Waals surface area contributed by atoms with Gasteiger partial charge < -0.3 is 21.3 Å². The average Bonchev–Trinajstić information content (AvgIpc) is 3.41. The van der Waals surface area contributed by atoms with Crippen LogP contribution < -0.4 is 21.3 Å². The maximum Gasteiger partial charge on any atom is 0.226 e. The summed E-state index contributed by atoms with van der Waals surface area (Å²) in [4.78, 5) is 22.8. The van der Waals surface area contributed by atoms with Crippen molar-refractivity contribution in [2.75, 3.05) is 32.5 Å². The molecule has 1 amide bonds.